The number of aromatic amines is 1. The summed E-state index contributed by atoms with van der Waals surface area (Å²) in [6.45, 7) is 8.01. The first-order valence-corrected chi connectivity index (χ1v) is 46.6. The Morgan fingerprint density at radius 3 is 1.21 bits per heavy atom. The lowest BCUT2D eigenvalue weighted by molar-refractivity contribution is -0.142. The highest BCUT2D eigenvalue weighted by molar-refractivity contribution is 7.80. The van der Waals surface area contributed by atoms with Crippen LogP contribution in [0.4, 0.5) is 0 Å². The standard InChI is InChI=1S/C79H135N31O24S4/c1-35(2)26-49(104-62(119)37(4)95-76(133)59(39(6)111)109-69(126)47(18-21-58(115)116)102-75(132)54-15-11-25-110(54)77(134)38(5)96-64(121)42(12-7-8-22-80)99-73(130)53(33-138)108-71(128)50(28-57(84)114)105-63(120)41(81)30-135)70(127)107-51(31-136)72(129)94-36(3)61(118)97-43(13-9-23-91-78(86)87)65(122)98-44(14-10-24-92-79(88)89)66(123)106-52(32-137)74(131)101-45(16-19-55(82)112)67(124)100-46(17-20-56(83)113)68(125)103-48(60(85)117)27-40-29-90-34-93-40/h29,34-39,41-54,59,111,135-138H,7-28,30-33,80-81H2,1-6H3,(H2,82,112)(H2,83,113)(H2,84,114)(H2,85,117)(H,90,93)(H,94,129)(H,95,133)(H,96,121)(H,97,118)(H,98,122)(H,99,130)(H,100,124)(H,101,131)(H,102,132)(H,103,125)(H,104,119)(H,105,120)(H,106,123)(H,107,127)(H,108,128)(H,109,126)(H,115,116)(H4,86,87,91)(H4,88,89,92)/t36-,37-,38-,39+,41-,42-,43-,44-,45-,46-,47-,48-,49-,50-,51-,52-,53-,54-,59-/m0/s1. The summed E-state index contributed by atoms with van der Waals surface area (Å²) < 4.78 is 0. The zero-order chi connectivity index (χ0) is 104. The summed E-state index contributed by atoms with van der Waals surface area (Å²) in [5, 5.41) is 79.6. The highest BCUT2D eigenvalue weighted by Gasteiger charge is 2.42. The van der Waals surface area contributed by atoms with Gasteiger partial charge in [0.15, 0.2) is 11.9 Å². The molecule has 0 radical (unpaired) electrons. The minimum Gasteiger partial charge on any atom is -0.481 e. The Labute approximate surface area is 816 Å². The topological polar surface area (TPSA) is 920 Å². The van der Waals surface area contributed by atoms with E-state index in [1.54, 1.807) is 13.8 Å². The number of carboxylic acids is 1. The molecule has 0 aliphatic carbocycles. The van der Waals surface area contributed by atoms with Crippen molar-refractivity contribution >= 4 is 192 Å². The summed E-state index contributed by atoms with van der Waals surface area (Å²) in [5.41, 5.74) is 44.3. The normalized spacial score (nSPS) is 16.1. The number of nitrogens with zero attached hydrogens (tertiary/aromatic N) is 2. The van der Waals surface area contributed by atoms with E-state index < -0.39 is 313 Å². The molecule has 19 atom stereocenters. The van der Waals surface area contributed by atoms with E-state index in [4.69, 9.17) is 56.7 Å². The first kappa shape index (κ1) is 121. The number of hydrogen-bond donors (Lipinski definition) is 35. The second kappa shape index (κ2) is 63.0. The van der Waals surface area contributed by atoms with Crippen molar-refractivity contribution in [2.24, 2.45) is 51.8 Å². The molecule has 0 saturated carbocycles. The molecule has 39 N–H and O–H groups in total. The molecule has 774 valence electrons. The SMILES string of the molecule is CC(C)C[C@H](NC(=O)[C@H](C)NC(=O)[C@@H](NC(=O)[C@H](CCC(=O)O)NC(=O)[C@@H]1CCCN1C(=O)[C@H](C)NC(=O)[C@H](CCCCN)NC(=O)[C@H](CS)NC(=O)[C@H](CC(N)=O)NC(=O)[C@@H](N)CS)[C@@H](C)O)C(=O)N[C@@H](CS)C(=O)N[C@@H](C)C(=O)N[C@@H](CCCNC(=N)N)C(=O)N[C@@H](CCCNC(=N)N)C(=O)N[C@@H](CS)C(=O)N[C@@H](CCC(N)=O)C(=O)N[C@@H](CCC(N)=O)C(=O)N[C@@H](Cc1c[nH]cn1)C(N)=O. The molecular weight excluding hydrogens is 1900 g/mol. The van der Waals surface area contributed by atoms with Crippen LogP contribution in [0.2, 0.25) is 0 Å². The number of nitrogens with two attached hydrogens (primary N) is 8. The van der Waals surface area contributed by atoms with Crippen LogP contribution in [0.1, 0.15) is 156 Å². The van der Waals surface area contributed by atoms with Crippen LogP contribution in [0.5, 0.6) is 0 Å². The van der Waals surface area contributed by atoms with Crippen LogP contribution in [0.25, 0.3) is 0 Å². The smallest absolute Gasteiger partial charge is 0.303 e. The number of guanidine groups is 2. The summed E-state index contributed by atoms with van der Waals surface area (Å²) in [4.78, 5) is 305. The average Bonchev–Trinajstić information content (AvgIpc) is 1.57. The van der Waals surface area contributed by atoms with Gasteiger partial charge in [-0.05, 0) is 124 Å². The lowest BCUT2D eigenvalue weighted by Gasteiger charge is -2.30. The van der Waals surface area contributed by atoms with Gasteiger partial charge in [0.2, 0.25) is 124 Å². The van der Waals surface area contributed by atoms with Gasteiger partial charge in [0.05, 0.1) is 30.6 Å². The van der Waals surface area contributed by atoms with Crippen LogP contribution in [-0.2, 0) is 112 Å². The molecule has 1 aliphatic rings. The predicted molar refractivity (Wildman–Crippen MR) is 507 cm³/mol. The fraction of sp³-hybridized carbons (Fsp3) is 0.658. The Bertz CT molecular complexity index is 4390. The first-order chi connectivity index (χ1) is 64.8. The van der Waals surface area contributed by atoms with Gasteiger partial charge in [-0.3, -0.25) is 116 Å². The van der Waals surface area contributed by atoms with Crippen molar-refractivity contribution in [2.75, 3.05) is 49.2 Å². The summed E-state index contributed by atoms with van der Waals surface area (Å²) in [7, 11) is 0. The number of hydrogen-bond acceptors (Lipinski definition) is 32. The maximum absolute atomic E-state index is 14.5. The number of carboxylic acid groups (broad SMARTS) is 1. The van der Waals surface area contributed by atoms with Gasteiger partial charge in [0.25, 0.3) is 0 Å². The Morgan fingerprint density at radius 2 is 0.804 bits per heavy atom. The maximum atomic E-state index is 14.5. The molecule has 1 aliphatic heterocycles. The van der Waals surface area contributed by atoms with Gasteiger partial charge in [-0.2, -0.15) is 50.5 Å². The third kappa shape index (κ3) is 45.1. The minimum absolute atomic E-state index is 0.00703. The number of aliphatic hydroxyl groups excluding tert-OH is 1. The molecule has 0 unspecified atom stereocenters. The number of primary amides is 4. The minimum atomic E-state index is -1.95. The van der Waals surface area contributed by atoms with Crippen LogP contribution in [0.3, 0.4) is 0 Å². The zero-order valence-electron chi connectivity index (χ0n) is 77.3. The van der Waals surface area contributed by atoms with Crippen molar-refractivity contribution in [1.29, 1.82) is 10.8 Å². The number of carbonyl (C=O) groups is 22. The molecule has 21 amide bonds. The first-order valence-electron chi connectivity index (χ1n) is 44.1. The van der Waals surface area contributed by atoms with Gasteiger partial charge in [-0.25, -0.2) is 4.98 Å². The van der Waals surface area contributed by atoms with Gasteiger partial charge >= 0.3 is 5.97 Å². The number of aliphatic hydroxyl groups is 1. The number of amides is 21. The maximum Gasteiger partial charge on any atom is 0.303 e. The number of carbonyl (C=O) groups excluding carboxylic acids is 21. The van der Waals surface area contributed by atoms with Crippen molar-refractivity contribution < 1.29 is 116 Å². The number of nitrogens with one attached hydrogen (secondary N) is 21. The number of aliphatic carboxylic acids is 1. The second-order valence-electron chi connectivity index (χ2n) is 32.8. The summed E-state index contributed by atoms with van der Waals surface area (Å²) in [6.07, 6.45) is -3.28. The molecule has 0 aromatic carbocycles. The lowest BCUT2D eigenvalue weighted by atomic mass is 10.0. The molecule has 0 bridgehead atoms. The molecule has 2 heterocycles. The van der Waals surface area contributed by atoms with Gasteiger partial charge in [-0.15, -0.1) is 0 Å². The molecule has 1 fully saturated rings. The number of aromatic nitrogens is 2. The van der Waals surface area contributed by atoms with E-state index in [9.17, 15) is 116 Å². The Hall–Kier alpha value is -12.6. The van der Waals surface area contributed by atoms with Crippen molar-refractivity contribution in [3.8, 4) is 0 Å². The lowest BCUT2D eigenvalue weighted by Crippen LogP contribution is -2.61. The van der Waals surface area contributed by atoms with Crippen LogP contribution in [0.15, 0.2) is 12.5 Å². The van der Waals surface area contributed by atoms with E-state index in [1.807, 2.05) is 0 Å². The number of likely N-dealkylation sites (tertiary alicyclic amines) is 1. The van der Waals surface area contributed by atoms with E-state index in [0.717, 1.165) is 18.7 Å². The second-order valence-corrected chi connectivity index (χ2v) is 34.3. The average molecular weight is 2030 g/mol. The van der Waals surface area contributed by atoms with Crippen molar-refractivity contribution in [2.45, 2.75) is 272 Å². The predicted octanol–water partition coefficient (Wildman–Crippen LogP) is -13.4. The third-order valence-corrected chi connectivity index (χ3v) is 22.3. The van der Waals surface area contributed by atoms with E-state index in [0.29, 0.717) is 12.1 Å². The molecule has 55 nitrogen and oxygen atoms in total. The van der Waals surface area contributed by atoms with Crippen LogP contribution in [-0.4, -0.2) is 331 Å². The number of rotatable bonds is 66. The molecule has 1 saturated heterocycles. The summed E-state index contributed by atoms with van der Waals surface area (Å²) >= 11 is 16.6. The Morgan fingerprint density at radius 1 is 0.435 bits per heavy atom. The molecule has 1 aromatic rings. The quantitative estimate of drug-likeness (QED) is 0.0125. The summed E-state index contributed by atoms with van der Waals surface area (Å²) in [5.74, 6) is -25.6. The molecular formula is C79H135N31O24S4. The fourth-order valence-electron chi connectivity index (χ4n) is 13.3. The zero-order valence-corrected chi connectivity index (χ0v) is 80.8. The highest BCUT2D eigenvalue weighted by atomic mass is 32.1. The van der Waals surface area contributed by atoms with Gasteiger partial charge in [0, 0.05) is 74.5 Å². The third-order valence-electron chi connectivity index (χ3n) is 20.8. The van der Waals surface area contributed by atoms with Crippen LogP contribution >= 0.6 is 50.5 Å². The van der Waals surface area contributed by atoms with Gasteiger partial charge in [-0.1, -0.05) is 13.8 Å². The number of H-pyrrole nitrogens is 1. The van der Waals surface area contributed by atoms with E-state index in [-0.39, 0.29) is 108 Å². The van der Waals surface area contributed by atoms with Crippen LogP contribution < -0.4 is 142 Å². The van der Waals surface area contributed by atoms with E-state index in [2.05, 4.69) is 156 Å². The largest absolute Gasteiger partial charge is 0.481 e. The van der Waals surface area contributed by atoms with Crippen molar-refractivity contribution in [3.63, 3.8) is 0 Å². The number of imidazole rings is 1. The Kier molecular flexibility index (Phi) is 55.4. The monoisotopic (exact) mass is 2030 g/mol. The number of unbranched alkanes of at least 4 members (excludes halogenated alkanes) is 1. The van der Waals surface area contributed by atoms with Crippen molar-refractivity contribution in [3.05, 3.63) is 18.2 Å². The fourth-order valence-corrected chi connectivity index (χ4v) is 14.2. The van der Waals surface area contributed by atoms with Crippen LogP contribution in [0, 0.1) is 16.7 Å². The van der Waals surface area contributed by atoms with Gasteiger partial charge < -0.3 is 162 Å². The molecule has 59 heteroatoms. The summed E-state index contributed by atoms with van der Waals surface area (Å²) in [6, 6.07) is -28.0. The molecule has 1 aromatic heterocycles. The molecule has 0 spiro atoms. The van der Waals surface area contributed by atoms with E-state index >= 15 is 0 Å². The highest BCUT2D eigenvalue weighted by Crippen LogP contribution is 2.21. The van der Waals surface area contributed by atoms with Crippen molar-refractivity contribution in [1.82, 2.24) is 111 Å². The van der Waals surface area contributed by atoms with Gasteiger partial charge in [0.1, 0.15) is 103 Å². The van der Waals surface area contributed by atoms with E-state index in [1.165, 1.54) is 26.4 Å². The molecule has 2 rings (SSSR count). The number of thiol groups is 4. The Balaban J connectivity index is 2.36. The molecule has 138 heavy (non-hydrogen) atoms.